The Hall–Kier alpha value is -3.89. The molecule has 0 fully saturated rings. The molecule has 1 aliphatic rings. The van der Waals surface area contributed by atoms with Crippen LogP contribution in [0.15, 0.2) is 48.8 Å². The number of halogens is 3. The van der Waals surface area contributed by atoms with E-state index in [1.165, 1.54) is 29.2 Å². The summed E-state index contributed by atoms with van der Waals surface area (Å²) in [5.41, 5.74) is 1.90. The van der Waals surface area contributed by atoms with Gasteiger partial charge >= 0.3 is 6.61 Å². The van der Waals surface area contributed by atoms with E-state index in [4.69, 9.17) is 4.74 Å². The SMILES string of the molecule is Cc1ncn(-c2ccc(Cc3nc4n(n3)CCCN4c3ccc(F)cc3)cc2OC(F)F)n1. The van der Waals surface area contributed by atoms with Crippen molar-refractivity contribution in [2.24, 2.45) is 0 Å². The van der Waals surface area contributed by atoms with Gasteiger partial charge in [-0.2, -0.15) is 24.0 Å². The lowest BCUT2D eigenvalue weighted by molar-refractivity contribution is -0.0499. The lowest BCUT2D eigenvalue weighted by Gasteiger charge is -2.27. The molecule has 0 spiro atoms. The van der Waals surface area contributed by atoms with Gasteiger partial charge in [0.15, 0.2) is 11.6 Å². The van der Waals surface area contributed by atoms with Gasteiger partial charge in [-0.1, -0.05) is 6.07 Å². The van der Waals surface area contributed by atoms with E-state index < -0.39 is 6.61 Å². The van der Waals surface area contributed by atoms with Crippen LogP contribution in [0.3, 0.4) is 0 Å². The molecule has 1 aliphatic heterocycles. The first-order chi connectivity index (χ1) is 16.0. The fourth-order valence-corrected chi connectivity index (χ4v) is 3.84. The summed E-state index contributed by atoms with van der Waals surface area (Å²) in [5.74, 6) is 1.42. The highest BCUT2D eigenvalue weighted by Crippen LogP contribution is 2.30. The van der Waals surface area contributed by atoms with Crippen LogP contribution >= 0.6 is 0 Å². The number of hydrogen-bond acceptors (Lipinski definition) is 6. The largest absolute Gasteiger partial charge is 0.433 e. The van der Waals surface area contributed by atoms with Crippen molar-refractivity contribution in [3.63, 3.8) is 0 Å². The molecule has 0 unspecified atom stereocenters. The van der Waals surface area contributed by atoms with Crippen molar-refractivity contribution in [1.29, 1.82) is 0 Å². The van der Waals surface area contributed by atoms with Crippen molar-refractivity contribution in [3.05, 3.63) is 71.8 Å². The van der Waals surface area contributed by atoms with Gasteiger partial charge in [-0.05, 0) is 55.3 Å². The number of ether oxygens (including phenoxy) is 1. The Balaban J connectivity index is 1.43. The predicted octanol–water partition coefficient (Wildman–Crippen LogP) is 4.04. The number of alkyl halides is 2. The topological polar surface area (TPSA) is 73.9 Å². The van der Waals surface area contributed by atoms with Crippen LogP contribution in [-0.2, 0) is 13.0 Å². The van der Waals surface area contributed by atoms with E-state index in [1.54, 1.807) is 31.2 Å². The zero-order chi connectivity index (χ0) is 22.9. The third-order valence-electron chi connectivity index (χ3n) is 5.28. The minimum absolute atomic E-state index is 0.00990. The van der Waals surface area contributed by atoms with Crippen molar-refractivity contribution in [3.8, 4) is 11.4 Å². The van der Waals surface area contributed by atoms with Crippen molar-refractivity contribution in [1.82, 2.24) is 29.5 Å². The number of benzene rings is 2. The fourth-order valence-electron chi connectivity index (χ4n) is 3.84. The van der Waals surface area contributed by atoms with Crippen LogP contribution in [-0.4, -0.2) is 42.7 Å². The number of hydrogen-bond donors (Lipinski definition) is 0. The fraction of sp³-hybridized carbons (Fsp3) is 0.273. The summed E-state index contributed by atoms with van der Waals surface area (Å²) in [5, 5.41) is 8.76. The summed E-state index contributed by atoms with van der Waals surface area (Å²) >= 11 is 0. The van der Waals surface area contributed by atoms with E-state index in [2.05, 4.69) is 20.2 Å². The number of aryl methyl sites for hydroxylation is 2. The summed E-state index contributed by atoms with van der Waals surface area (Å²) in [6.07, 6.45) is 2.64. The second-order valence-electron chi connectivity index (χ2n) is 7.63. The van der Waals surface area contributed by atoms with Gasteiger partial charge in [-0.3, -0.25) is 0 Å². The molecule has 0 atom stereocenters. The molecule has 8 nitrogen and oxygen atoms in total. The van der Waals surface area contributed by atoms with Crippen LogP contribution in [0.4, 0.5) is 24.8 Å². The van der Waals surface area contributed by atoms with Crippen molar-refractivity contribution < 1.29 is 17.9 Å². The molecule has 0 saturated carbocycles. The van der Waals surface area contributed by atoms with E-state index in [9.17, 15) is 13.2 Å². The van der Waals surface area contributed by atoms with Crippen LogP contribution in [0.25, 0.3) is 5.69 Å². The average molecular weight is 455 g/mol. The molecule has 0 saturated heterocycles. The zero-order valence-electron chi connectivity index (χ0n) is 17.7. The second-order valence-corrected chi connectivity index (χ2v) is 7.63. The van der Waals surface area contributed by atoms with E-state index >= 15 is 0 Å². The molecule has 0 radical (unpaired) electrons. The molecule has 0 bridgehead atoms. The van der Waals surface area contributed by atoms with Crippen molar-refractivity contribution >= 4 is 11.6 Å². The highest BCUT2D eigenvalue weighted by molar-refractivity contribution is 5.58. The highest BCUT2D eigenvalue weighted by Gasteiger charge is 2.23. The Kier molecular flexibility index (Phi) is 5.45. The molecule has 0 amide bonds. The van der Waals surface area contributed by atoms with Gasteiger partial charge in [-0.15, -0.1) is 0 Å². The summed E-state index contributed by atoms with van der Waals surface area (Å²) in [7, 11) is 0. The van der Waals surface area contributed by atoms with Crippen molar-refractivity contribution in [2.75, 3.05) is 11.4 Å². The third-order valence-corrected chi connectivity index (χ3v) is 5.28. The number of aromatic nitrogens is 6. The van der Waals surface area contributed by atoms with E-state index in [1.807, 2.05) is 9.58 Å². The van der Waals surface area contributed by atoms with Gasteiger partial charge < -0.3 is 9.64 Å². The van der Waals surface area contributed by atoms with Gasteiger partial charge in [-0.25, -0.2) is 18.7 Å². The number of fused-ring (bicyclic) bond motifs is 1. The summed E-state index contributed by atoms with van der Waals surface area (Å²) in [6, 6.07) is 11.2. The van der Waals surface area contributed by atoms with Crippen molar-refractivity contribution in [2.45, 2.75) is 32.9 Å². The van der Waals surface area contributed by atoms with Crippen LogP contribution in [0.1, 0.15) is 23.6 Å². The maximum absolute atomic E-state index is 13.3. The first-order valence-corrected chi connectivity index (χ1v) is 10.4. The normalized spacial score (nSPS) is 13.4. The molecule has 33 heavy (non-hydrogen) atoms. The van der Waals surface area contributed by atoms with Gasteiger partial charge in [0.05, 0.1) is 0 Å². The Labute approximate surface area is 187 Å². The Morgan fingerprint density at radius 2 is 1.88 bits per heavy atom. The van der Waals surface area contributed by atoms with Gasteiger partial charge in [0, 0.05) is 25.2 Å². The lowest BCUT2D eigenvalue weighted by Crippen LogP contribution is -2.28. The molecular formula is C22H20F3N7O. The van der Waals surface area contributed by atoms with Crippen LogP contribution < -0.4 is 9.64 Å². The molecule has 0 N–H and O–H groups in total. The number of anilines is 2. The minimum Gasteiger partial charge on any atom is -0.433 e. The predicted molar refractivity (Wildman–Crippen MR) is 114 cm³/mol. The first kappa shape index (κ1) is 21.0. The molecule has 5 rings (SSSR count). The van der Waals surface area contributed by atoms with Gasteiger partial charge in [0.25, 0.3) is 0 Å². The second kappa shape index (κ2) is 8.57. The number of rotatable bonds is 6. The minimum atomic E-state index is -2.98. The molecule has 11 heteroatoms. The summed E-state index contributed by atoms with van der Waals surface area (Å²) in [4.78, 5) is 10.7. The molecular weight excluding hydrogens is 435 g/mol. The van der Waals surface area contributed by atoms with Crippen LogP contribution in [0, 0.1) is 12.7 Å². The summed E-state index contributed by atoms with van der Waals surface area (Å²) in [6.45, 7) is 0.179. The Morgan fingerprint density at radius 1 is 1.06 bits per heavy atom. The highest BCUT2D eigenvalue weighted by atomic mass is 19.3. The molecule has 4 aromatic rings. The van der Waals surface area contributed by atoms with E-state index in [0.717, 1.165) is 18.7 Å². The molecule has 170 valence electrons. The third kappa shape index (κ3) is 4.38. The van der Waals surface area contributed by atoms with E-state index in [-0.39, 0.29) is 11.6 Å². The summed E-state index contributed by atoms with van der Waals surface area (Å²) < 4.78 is 47.4. The maximum atomic E-state index is 13.3. The molecule has 3 heterocycles. The number of nitrogens with zero attached hydrogens (tertiary/aromatic N) is 7. The standard InChI is InChI=1S/C22H20F3N7O/c1-14-26-13-32(28-14)18-8-3-15(11-19(18)33-21(24)25)12-20-27-22-30(9-2-10-31(22)29-20)17-6-4-16(23)5-7-17/h3-8,11,13,21H,2,9-10,12H2,1H3. The van der Waals surface area contributed by atoms with Gasteiger partial charge in [0.2, 0.25) is 5.95 Å². The quantitative estimate of drug-likeness (QED) is 0.437. The van der Waals surface area contributed by atoms with Crippen LogP contribution in [0.5, 0.6) is 5.75 Å². The average Bonchev–Trinajstić information content (AvgIpc) is 3.39. The lowest BCUT2D eigenvalue weighted by atomic mass is 10.1. The first-order valence-electron chi connectivity index (χ1n) is 10.4. The molecule has 2 aromatic carbocycles. The zero-order valence-corrected chi connectivity index (χ0v) is 17.7. The maximum Gasteiger partial charge on any atom is 0.387 e. The smallest absolute Gasteiger partial charge is 0.387 e. The Morgan fingerprint density at radius 3 is 2.61 bits per heavy atom. The van der Waals surface area contributed by atoms with Crippen LogP contribution in [0.2, 0.25) is 0 Å². The van der Waals surface area contributed by atoms with E-state index in [0.29, 0.717) is 41.8 Å². The monoisotopic (exact) mass is 455 g/mol. The van der Waals surface area contributed by atoms with Gasteiger partial charge in [0.1, 0.15) is 23.7 Å². The molecule has 0 aliphatic carbocycles. The Bertz CT molecular complexity index is 1270. The molecule has 2 aromatic heterocycles.